The Balaban J connectivity index is 1.49. The van der Waals surface area contributed by atoms with E-state index in [-0.39, 0.29) is 29.7 Å². The van der Waals surface area contributed by atoms with E-state index in [0.717, 1.165) is 16.7 Å². The van der Waals surface area contributed by atoms with E-state index in [2.05, 4.69) is 24.3 Å². The zero-order valence-electron chi connectivity index (χ0n) is 19.4. The van der Waals surface area contributed by atoms with E-state index in [1.165, 1.54) is 24.3 Å². The molecule has 0 spiro atoms. The Hall–Kier alpha value is -3.49. The fraction of sp³-hybridized carbons (Fsp3) is 0.417. The van der Waals surface area contributed by atoms with Crippen LogP contribution in [0.5, 0.6) is 0 Å². The minimum absolute atomic E-state index is 0.0776. The van der Waals surface area contributed by atoms with Crippen LogP contribution in [-0.4, -0.2) is 62.7 Å². The fourth-order valence-electron chi connectivity index (χ4n) is 3.91. The van der Waals surface area contributed by atoms with Gasteiger partial charge in [-0.2, -0.15) is 5.10 Å². The van der Waals surface area contributed by atoms with Crippen molar-refractivity contribution in [2.45, 2.75) is 39.7 Å². The molecule has 0 saturated carbocycles. The number of amides is 3. The van der Waals surface area contributed by atoms with Gasteiger partial charge in [-0.3, -0.25) is 4.79 Å². The molecule has 2 aromatic heterocycles. The van der Waals surface area contributed by atoms with Crippen LogP contribution in [-0.2, 0) is 0 Å². The van der Waals surface area contributed by atoms with Crippen molar-refractivity contribution in [1.82, 2.24) is 24.6 Å². The van der Waals surface area contributed by atoms with E-state index < -0.39 is 0 Å². The predicted octanol–water partition coefficient (Wildman–Crippen LogP) is 4.26. The molecule has 4 rings (SSSR count). The van der Waals surface area contributed by atoms with Crippen LogP contribution < -0.4 is 5.32 Å². The molecule has 0 radical (unpaired) electrons. The molecule has 33 heavy (non-hydrogen) atoms. The first-order valence-corrected chi connectivity index (χ1v) is 11.2. The van der Waals surface area contributed by atoms with Crippen molar-refractivity contribution < 1.29 is 14.0 Å². The summed E-state index contributed by atoms with van der Waals surface area (Å²) in [6.07, 6.45) is 1.71. The quantitative estimate of drug-likeness (QED) is 0.641. The molecule has 0 bridgehead atoms. The number of fused-ring (bicyclic) bond motifs is 1. The maximum absolute atomic E-state index is 13.5. The molecular formula is C24H29FN6O2. The van der Waals surface area contributed by atoms with Crippen LogP contribution in [0.15, 0.2) is 36.5 Å². The second-order valence-corrected chi connectivity index (χ2v) is 8.89. The Morgan fingerprint density at radius 1 is 1.00 bits per heavy atom. The number of hydrogen-bond donors (Lipinski definition) is 1. The first-order chi connectivity index (χ1) is 15.7. The van der Waals surface area contributed by atoms with Gasteiger partial charge in [0.25, 0.3) is 5.91 Å². The maximum atomic E-state index is 13.5. The Kier molecular flexibility index (Phi) is 6.31. The van der Waals surface area contributed by atoms with E-state index in [4.69, 9.17) is 4.98 Å². The highest BCUT2D eigenvalue weighted by molar-refractivity contribution is 6.05. The van der Waals surface area contributed by atoms with Gasteiger partial charge in [-0.25, -0.2) is 18.9 Å². The lowest BCUT2D eigenvalue weighted by Crippen LogP contribution is -2.51. The Labute approximate surface area is 192 Å². The minimum atomic E-state index is -0.357. The summed E-state index contributed by atoms with van der Waals surface area (Å²) in [5.74, 6) is -0.264. The highest BCUT2D eigenvalue weighted by Gasteiger charge is 2.27. The van der Waals surface area contributed by atoms with Gasteiger partial charge in [0.05, 0.1) is 17.1 Å². The third-order valence-electron chi connectivity index (χ3n) is 5.85. The van der Waals surface area contributed by atoms with Gasteiger partial charge in [-0.1, -0.05) is 13.8 Å². The number of piperazine rings is 1. The van der Waals surface area contributed by atoms with Crippen molar-refractivity contribution in [2.75, 3.05) is 31.5 Å². The third kappa shape index (κ3) is 4.67. The van der Waals surface area contributed by atoms with Crippen LogP contribution in [0.25, 0.3) is 11.0 Å². The van der Waals surface area contributed by atoms with Gasteiger partial charge < -0.3 is 15.1 Å². The summed E-state index contributed by atoms with van der Waals surface area (Å²) in [5, 5.41) is 7.98. The predicted molar refractivity (Wildman–Crippen MR) is 125 cm³/mol. The number of halogens is 1. The largest absolute Gasteiger partial charge is 0.335 e. The number of carbonyl (C=O) groups is 2. The maximum Gasteiger partial charge on any atom is 0.321 e. The summed E-state index contributed by atoms with van der Waals surface area (Å²) in [7, 11) is 0. The molecule has 3 aromatic rings. The Morgan fingerprint density at radius 3 is 2.24 bits per heavy atom. The second-order valence-electron chi connectivity index (χ2n) is 8.89. The zero-order chi connectivity index (χ0) is 23.7. The molecule has 1 fully saturated rings. The van der Waals surface area contributed by atoms with Gasteiger partial charge in [0.15, 0.2) is 5.65 Å². The molecular weight excluding hydrogens is 423 g/mol. The van der Waals surface area contributed by atoms with E-state index in [9.17, 15) is 14.0 Å². The second kappa shape index (κ2) is 9.17. The van der Waals surface area contributed by atoms with E-state index in [0.29, 0.717) is 37.4 Å². The molecule has 8 nitrogen and oxygen atoms in total. The van der Waals surface area contributed by atoms with Crippen molar-refractivity contribution in [1.29, 1.82) is 0 Å². The monoisotopic (exact) mass is 452 g/mol. The van der Waals surface area contributed by atoms with Crippen molar-refractivity contribution in [3.8, 4) is 0 Å². The van der Waals surface area contributed by atoms with Gasteiger partial charge in [0.1, 0.15) is 5.82 Å². The first kappa shape index (κ1) is 22.7. The summed E-state index contributed by atoms with van der Waals surface area (Å²) < 4.78 is 14.9. The molecule has 1 saturated heterocycles. The number of aromatic nitrogens is 3. The number of nitrogens with one attached hydrogen (secondary N) is 1. The highest BCUT2D eigenvalue weighted by atomic mass is 19.1. The topological polar surface area (TPSA) is 83.4 Å². The molecule has 3 amide bonds. The van der Waals surface area contributed by atoms with Gasteiger partial charge in [-0.05, 0) is 50.1 Å². The summed E-state index contributed by atoms with van der Waals surface area (Å²) in [4.78, 5) is 34.2. The molecule has 3 heterocycles. The molecule has 9 heteroatoms. The number of carbonyl (C=O) groups excluding carboxylic acids is 2. The average Bonchev–Trinajstić information content (AvgIpc) is 3.24. The fourth-order valence-corrected chi connectivity index (χ4v) is 3.91. The van der Waals surface area contributed by atoms with Crippen molar-refractivity contribution >= 4 is 28.7 Å². The molecule has 1 aliphatic heterocycles. The summed E-state index contributed by atoms with van der Waals surface area (Å²) in [5.41, 5.74) is 2.70. The highest BCUT2D eigenvalue weighted by Crippen LogP contribution is 2.26. The van der Waals surface area contributed by atoms with Crippen LogP contribution in [0.4, 0.5) is 14.9 Å². The zero-order valence-corrected chi connectivity index (χ0v) is 19.4. The molecule has 0 atom stereocenters. The lowest BCUT2D eigenvalue weighted by atomic mass is 10.0. The van der Waals surface area contributed by atoms with Gasteiger partial charge in [0, 0.05) is 43.6 Å². The average molecular weight is 453 g/mol. The summed E-state index contributed by atoms with van der Waals surface area (Å²) in [6, 6.07) is 7.37. The van der Waals surface area contributed by atoms with Gasteiger partial charge >= 0.3 is 6.03 Å². The molecule has 0 unspecified atom stereocenters. The molecule has 1 N–H and O–H groups in total. The number of pyridine rings is 1. The number of anilines is 1. The lowest BCUT2D eigenvalue weighted by molar-refractivity contribution is 0.0673. The van der Waals surface area contributed by atoms with Crippen LogP contribution >= 0.6 is 0 Å². The first-order valence-electron chi connectivity index (χ1n) is 11.2. The Morgan fingerprint density at radius 2 is 1.64 bits per heavy atom. The van der Waals surface area contributed by atoms with Crippen LogP contribution in [0.2, 0.25) is 0 Å². The Bertz CT molecular complexity index is 1160. The van der Waals surface area contributed by atoms with Crippen molar-refractivity contribution in [3.63, 3.8) is 0 Å². The normalized spacial score (nSPS) is 14.4. The van der Waals surface area contributed by atoms with Crippen molar-refractivity contribution in [2.24, 2.45) is 0 Å². The van der Waals surface area contributed by atoms with Crippen LogP contribution in [0.3, 0.4) is 0 Å². The molecule has 174 valence electrons. The lowest BCUT2D eigenvalue weighted by Gasteiger charge is -2.35. The van der Waals surface area contributed by atoms with E-state index in [1.807, 2.05) is 24.6 Å². The number of urea groups is 1. The van der Waals surface area contributed by atoms with Crippen LogP contribution in [0.1, 0.15) is 55.7 Å². The van der Waals surface area contributed by atoms with Crippen LogP contribution in [0, 0.1) is 5.82 Å². The van der Waals surface area contributed by atoms with E-state index >= 15 is 0 Å². The number of hydrogen-bond acceptors (Lipinski definition) is 4. The molecule has 0 aliphatic carbocycles. The van der Waals surface area contributed by atoms with Gasteiger partial charge in [0.2, 0.25) is 0 Å². The molecule has 1 aliphatic rings. The minimum Gasteiger partial charge on any atom is -0.335 e. The number of rotatable bonds is 4. The smallest absolute Gasteiger partial charge is 0.321 e. The van der Waals surface area contributed by atoms with Gasteiger partial charge in [-0.15, -0.1) is 0 Å². The number of benzene rings is 1. The van der Waals surface area contributed by atoms with E-state index in [1.54, 1.807) is 16.0 Å². The molecule has 1 aromatic carbocycles. The summed E-state index contributed by atoms with van der Waals surface area (Å²) >= 11 is 0. The third-order valence-corrected chi connectivity index (χ3v) is 5.85. The summed E-state index contributed by atoms with van der Waals surface area (Å²) in [6.45, 7) is 9.85. The van der Waals surface area contributed by atoms with Crippen molar-refractivity contribution in [3.05, 3.63) is 53.6 Å². The SMILES string of the molecule is CC(C)c1cc(C(=O)N2CCN(C(=O)Nc3ccc(F)cc3)CC2)c2cnn(C(C)C)c2n1. The number of nitrogens with zero attached hydrogens (tertiary/aromatic N) is 5. The standard InChI is InChI=1S/C24H29FN6O2/c1-15(2)21-13-19(20-14-26-31(16(3)4)22(20)28-21)23(32)29-9-11-30(12-10-29)24(33)27-18-7-5-17(25)6-8-18/h5-8,13-16H,9-12H2,1-4H3,(H,27,33).